The molecule has 2 heteroatoms. The van der Waals surface area contributed by atoms with Crippen LogP contribution in [0.3, 0.4) is 0 Å². The van der Waals surface area contributed by atoms with E-state index in [1.54, 1.807) is 0 Å². The molecule has 1 aliphatic heterocycles. The third-order valence-corrected chi connectivity index (χ3v) is 4.92. The van der Waals surface area contributed by atoms with Crippen LogP contribution in [0.25, 0.3) is 0 Å². The van der Waals surface area contributed by atoms with Crippen LogP contribution in [-0.2, 0) is 15.1 Å². The lowest BCUT2D eigenvalue weighted by Crippen LogP contribution is -2.30. The summed E-state index contributed by atoms with van der Waals surface area (Å²) in [6.45, 7) is 5.93. The zero-order valence-corrected chi connectivity index (χ0v) is 14.8. The summed E-state index contributed by atoms with van der Waals surface area (Å²) < 4.78 is 6.57. The Hall–Kier alpha value is -1.93. The van der Waals surface area contributed by atoms with Gasteiger partial charge in [-0.3, -0.25) is 4.79 Å². The zero-order chi connectivity index (χ0) is 17.2. The topological polar surface area (TPSA) is 26.3 Å². The second-order valence-corrected chi connectivity index (χ2v) is 7.71. The van der Waals surface area contributed by atoms with E-state index in [0.29, 0.717) is 6.42 Å². The van der Waals surface area contributed by atoms with Gasteiger partial charge in [0, 0.05) is 11.8 Å². The summed E-state index contributed by atoms with van der Waals surface area (Å²) in [5, 5.41) is 0. The van der Waals surface area contributed by atoms with Gasteiger partial charge in [-0.15, -0.1) is 0 Å². The molecular formula is C22H26O2. The van der Waals surface area contributed by atoms with Gasteiger partial charge in [0.2, 0.25) is 0 Å². The van der Waals surface area contributed by atoms with Crippen molar-refractivity contribution in [2.24, 2.45) is 5.41 Å². The fourth-order valence-corrected chi connectivity index (χ4v) is 3.43. The molecular weight excluding hydrogens is 296 g/mol. The van der Waals surface area contributed by atoms with E-state index in [1.165, 1.54) is 11.1 Å². The van der Waals surface area contributed by atoms with E-state index in [-0.39, 0.29) is 17.3 Å². The number of benzene rings is 2. The molecule has 0 saturated carbocycles. The van der Waals surface area contributed by atoms with Gasteiger partial charge < -0.3 is 4.74 Å². The first-order valence-corrected chi connectivity index (χ1v) is 8.74. The SMILES string of the molecule is CC(C)(C)C(=O)CC1CCC(c2ccccc2)(c2ccccc2)O1. The van der Waals surface area contributed by atoms with E-state index in [0.717, 1.165) is 12.8 Å². The lowest BCUT2D eigenvalue weighted by molar-refractivity contribution is -0.130. The molecule has 3 rings (SSSR count). The predicted molar refractivity (Wildman–Crippen MR) is 96.9 cm³/mol. The van der Waals surface area contributed by atoms with E-state index in [9.17, 15) is 4.79 Å². The second-order valence-electron chi connectivity index (χ2n) is 7.71. The van der Waals surface area contributed by atoms with E-state index in [4.69, 9.17) is 4.74 Å². The lowest BCUT2D eigenvalue weighted by Gasteiger charge is -2.31. The standard InChI is InChI=1S/C22H26O2/c1-21(2,3)20(23)16-19-14-15-22(24-19,17-10-6-4-7-11-17)18-12-8-5-9-13-18/h4-13,19H,14-16H2,1-3H3. The lowest BCUT2D eigenvalue weighted by atomic mass is 9.83. The van der Waals surface area contributed by atoms with Gasteiger partial charge in [-0.05, 0) is 24.0 Å². The molecule has 2 aromatic carbocycles. The zero-order valence-electron chi connectivity index (χ0n) is 14.8. The van der Waals surface area contributed by atoms with Gasteiger partial charge in [-0.25, -0.2) is 0 Å². The maximum Gasteiger partial charge on any atom is 0.140 e. The average Bonchev–Trinajstić information content (AvgIpc) is 3.01. The molecule has 0 N–H and O–H groups in total. The number of hydrogen-bond acceptors (Lipinski definition) is 2. The van der Waals surface area contributed by atoms with Crippen molar-refractivity contribution >= 4 is 5.78 Å². The first kappa shape index (κ1) is 16.9. The highest BCUT2D eigenvalue weighted by atomic mass is 16.5. The Morgan fingerprint density at radius 2 is 1.50 bits per heavy atom. The van der Waals surface area contributed by atoms with Gasteiger partial charge in [0.1, 0.15) is 11.4 Å². The smallest absolute Gasteiger partial charge is 0.140 e. The van der Waals surface area contributed by atoms with Crippen LogP contribution in [0.1, 0.15) is 51.2 Å². The normalized spacial score (nSPS) is 20.0. The van der Waals surface area contributed by atoms with Gasteiger partial charge in [0.25, 0.3) is 0 Å². The highest BCUT2D eigenvalue weighted by molar-refractivity contribution is 5.84. The van der Waals surface area contributed by atoms with Gasteiger partial charge >= 0.3 is 0 Å². The Morgan fingerprint density at radius 3 is 1.96 bits per heavy atom. The monoisotopic (exact) mass is 322 g/mol. The predicted octanol–water partition coefficient (Wildman–Crippen LogP) is 5.11. The number of Topliss-reactive ketones (excluding diaryl/α,β-unsaturated/α-hetero) is 1. The second kappa shape index (κ2) is 6.52. The van der Waals surface area contributed by atoms with Crippen molar-refractivity contribution in [2.75, 3.05) is 0 Å². The summed E-state index contributed by atoms with van der Waals surface area (Å²) in [5.74, 6) is 0.268. The summed E-state index contributed by atoms with van der Waals surface area (Å²) in [7, 11) is 0. The van der Waals surface area contributed by atoms with E-state index in [1.807, 2.05) is 32.9 Å². The molecule has 1 aliphatic rings. The van der Waals surface area contributed by atoms with Gasteiger partial charge in [-0.1, -0.05) is 81.4 Å². The maximum atomic E-state index is 12.4. The minimum atomic E-state index is -0.439. The van der Waals surface area contributed by atoms with Crippen LogP contribution in [0.4, 0.5) is 0 Å². The number of ether oxygens (including phenoxy) is 1. The molecule has 1 atom stereocenters. The molecule has 1 unspecified atom stereocenters. The molecule has 0 bridgehead atoms. The summed E-state index contributed by atoms with van der Waals surface area (Å²) in [6.07, 6.45) is 2.29. The third-order valence-electron chi connectivity index (χ3n) is 4.92. The Morgan fingerprint density at radius 1 is 1.00 bits per heavy atom. The summed E-state index contributed by atoms with van der Waals surface area (Å²) in [6, 6.07) is 20.8. The first-order valence-electron chi connectivity index (χ1n) is 8.74. The molecule has 0 amide bonds. The van der Waals surface area contributed by atoms with E-state index >= 15 is 0 Å². The van der Waals surface area contributed by atoms with Crippen LogP contribution in [0.5, 0.6) is 0 Å². The van der Waals surface area contributed by atoms with E-state index < -0.39 is 5.60 Å². The average molecular weight is 322 g/mol. The largest absolute Gasteiger partial charge is 0.362 e. The van der Waals surface area contributed by atoms with Crippen LogP contribution >= 0.6 is 0 Å². The van der Waals surface area contributed by atoms with Gasteiger partial charge in [0.05, 0.1) is 6.10 Å². The van der Waals surface area contributed by atoms with Gasteiger partial charge in [0.15, 0.2) is 0 Å². The number of rotatable bonds is 4. The Bertz CT molecular complexity index is 643. The Kier molecular flexibility index (Phi) is 4.60. The molecule has 2 aromatic rings. The van der Waals surface area contributed by atoms with Crippen LogP contribution in [0.15, 0.2) is 60.7 Å². The molecule has 126 valence electrons. The van der Waals surface area contributed by atoms with Crippen molar-refractivity contribution in [3.63, 3.8) is 0 Å². The summed E-state index contributed by atoms with van der Waals surface area (Å²) >= 11 is 0. The van der Waals surface area contributed by atoms with E-state index in [2.05, 4.69) is 48.5 Å². The Balaban J connectivity index is 1.91. The fourth-order valence-electron chi connectivity index (χ4n) is 3.43. The summed E-state index contributed by atoms with van der Waals surface area (Å²) in [4.78, 5) is 12.4. The summed E-state index contributed by atoms with van der Waals surface area (Å²) in [5.41, 5.74) is 1.59. The highest BCUT2D eigenvalue weighted by Gasteiger charge is 2.44. The van der Waals surface area contributed by atoms with Crippen LogP contribution in [0, 0.1) is 5.41 Å². The maximum absolute atomic E-state index is 12.4. The molecule has 0 aliphatic carbocycles. The number of carbonyl (C=O) groups is 1. The fraction of sp³-hybridized carbons (Fsp3) is 0.409. The van der Waals surface area contributed by atoms with Crippen molar-refractivity contribution in [2.45, 2.75) is 51.7 Å². The molecule has 1 saturated heterocycles. The molecule has 1 heterocycles. The minimum absolute atomic E-state index is 0.0165. The molecule has 0 radical (unpaired) electrons. The number of hydrogen-bond donors (Lipinski definition) is 0. The van der Waals surface area contributed by atoms with Gasteiger partial charge in [-0.2, -0.15) is 0 Å². The van der Waals surface area contributed by atoms with Crippen LogP contribution < -0.4 is 0 Å². The number of carbonyl (C=O) groups excluding carboxylic acids is 1. The van der Waals surface area contributed by atoms with Crippen molar-refractivity contribution < 1.29 is 9.53 Å². The Labute approximate surface area is 144 Å². The number of ketones is 1. The van der Waals surface area contributed by atoms with Crippen molar-refractivity contribution in [3.05, 3.63) is 71.8 Å². The van der Waals surface area contributed by atoms with Crippen molar-refractivity contribution in [1.82, 2.24) is 0 Å². The molecule has 0 aromatic heterocycles. The van der Waals surface area contributed by atoms with Crippen LogP contribution in [-0.4, -0.2) is 11.9 Å². The van der Waals surface area contributed by atoms with Crippen LogP contribution in [0.2, 0.25) is 0 Å². The quantitative estimate of drug-likeness (QED) is 0.781. The molecule has 0 spiro atoms. The van der Waals surface area contributed by atoms with Crippen molar-refractivity contribution in [1.29, 1.82) is 0 Å². The minimum Gasteiger partial charge on any atom is -0.362 e. The third kappa shape index (κ3) is 3.29. The first-order chi connectivity index (χ1) is 11.4. The highest BCUT2D eigenvalue weighted by Crippen LogP contribution is 2.45. The molecule has 2 nitrogen and oxygen atoms in total. The molecule has 24 heavy (non-hydrogen) atoms. The molecule has 1 fully saturated rings. The van der Waals surface area contributed by atoms with Crippen molar-refractivity contribution in [3.8, 4) is 0 Å².